The minimum atomic E-state index is -1.96. The first-order valence-corrected chi connectivity index (χ1v) is 15.3. The summed E-state index contributed by atoms with van der Waals surface area (Å²) in [6.07, 6.45) is 0.970. The number of hydrogen-bond donors (Lipinski definition) is 1. The highest BCUT2D eigenvalue weighted by molar-refractivity contribution is 6.74. The second-order valence-electron chi connectivity index (χ2n) is 11.9. The Morgan fingerprint density at radius 3 is 2.03 bits per heavy atom. The first-order valence-electron chi connectivity index (χ1n) is 12.4. The first-order chi connectivity index (χ1) is 15.5. The number of ether oxygens (including phenoxy) is 2. The van der Waals surface area contributed by atoms with E-state index in [1.165, 1.54) is 0 Å². The van der Waals surface area contributed by atoms with Gasteiger partial charge in [0.2, 0.25) is 0 Å². The molecule has 1 rings (SSSR count). The van der Waals surface area contributed by atoms with Crippen molar-refractivity contribution in [2.45, 2.75) is 111 Å². The molecule has 1 aromatic carbocycles. The minimum Gasteiger partial charge on any atom is -0.460 e. The fourth-order valence-corrected chi connectivity index (χ4v) is 4.13. The molecule has 2 atom stereocenters. The second-order valence-corrected chi connectivity index (χ2v) is 16.7. The zero-order valence-corrected chi connectivity index (χ0v) is 24.0. The first kappa shape index (κ1) is 30.3. The van der Waals surface area contributed by atoms with Gasteiger partial charge < -0.3 is 13.9 Å². The quantitative estimate of drug-likeness (QED) is 0.290. The van der Waals surface area contributed by atoms with Crippen molar-refractivity contribution in [3.63, 3.8) is 0 Å². The number of rotatable bonds is 12. The van der Waals surface area contributed by atoms with Gasteiger partial charge in [0.15, 0.2) is 8.32 Å². The molecule has 0 radical (unpaired) electrons. The predicted octanol–water partition coefficient (Wildman–Crippen LogP) is 5.86. The molecule has 0 heterocycles. The van der Waals surface area contributed by atoms with E-state index in [0.717, 1.165) is 5.56 Å². The van der Waals surface area contributed by atoms with Crippen LogP contribution in [0, 0.1) is 5.92 Å². The predicted molar refractivity (Wildman–Crippen MR) is 140 cm³/mol. The van der Waals surface area contributed by atoms with Gasteiger partial charge in [0.25, 0.3) is 0 Å². The molecule has 34 heavy (non-hydrogen) atoms. The Kier molecular flexibility index (Phi) is 11.5. The third kappa shape index (κ3) is 11.1. The monoisotopic (exact) mass is 493 g/mol. The molecule has 0 aliphatic carbocycles. The molecule has 0 saturated heterocycles. The summed E-state index contributed by atoms with van der Waals surface area (Å²) in [5.41, 5.74) is 0.296. The molecule has 0 aliphatic rings. The standard InChI is InChI=1S/C27H47NO5Si/c1-20(2)18-23(24(29)31-19-21-14-12-11-13-15-21)28-22(25(30)33-26(3,4)5)16-17-32-34(9,10)27(6,7)8/h11-15,20,22-23,28H,16-19H2,1-10H3/t22-,23+/m1/s1. The summed E-state index contributed by atoms with van der Waals surface area (Å²) >= 11 is 0. The molecule has 0 aliphatic heterocycles. The van der Waals surface area contributed by atoms with Gasteiger partial charge in [-0.2, -0.15) is 0 Å². The molecule has 0 amide bonds. The zero-order chi connectivity index (χ0) is 26.2. The van der Waals surface area contributed by atoms with E-state index in [-0.39, 0.29) is 29.5 Å². The second kappa shape index (κ2) is 12.8. The summed E-state index contributed by atoms with van der Waals surface area (Å²) in [5.74, 6) is -0.503. The average Bonchev–Trinajstić information content (AvgIpc) is 2.68. The van der Waals surface area contributed by atoms with Crippen LogP contribution in [0.2, 0.25) is 18.1 Å². The highest BCUT2D eigenvalue weighted by Crippen LogP contribution is 2.36. The van der Waals surface area contributed by atoms with E-state index >= 15 is 0 Å². The van der Waals surface area contributed by atoms with Crippen molar-refractivity contribution in [1.82, 2.24) is 5.32 Å². The Hall–Kier alpha value is -1.70. The van der Waals surface area contributed by atoms with Gasteiger partial charge in [-0.05, 0) is 63.2 Å². The van der Waals surface area contributed by atoms with Crippen LogP contribution >= 0.6 is 0 Å². The lowest BCUT2D eigenvalue weighted by Crippen LogP contribution is -2.51. The Labute approximate surface area is 208 Å². The van der Waals surface area contributed by atoms with Gasteiger partial charge in [0, 0.05) is 6.61 Å². The number of esters is 2. The van der Waals surface area contributed by atoms with Crippen LogP contribution in [-0.2, 0) is 30.1 Å². The Bertz CT molecular complexity index is 765. The molecule has 1 aromatic rings. The van der Waals surface area contributed by atoms with Crippen LogP contribution in [0.1, 0.15) is 73.8 Å². The van der Waals surface area contributed by atoms with Gasteiger partial charge in [-0.15, -0.1) is 0 Å². The summed E-state index contributed by atoms with van der Waals surface area (Å²) < 4.78 is 17.6. The molecule has 0 fully saturated rings. The maximum atomic E-state index is 13.1. The Morgan fingerprint density at radius 2 is 1.53 bits per heavy atom. The van der Waals surface area contributed by atoms with Crippen LogP contribution in [0.15, 0.2) is 30.3 Å². The summed E-state index contributed by atoms with van der Waals surface area (Å²) in [7, 11) is -1.96. The van der Waals surface area contributed by atoms with Crippen molar-refractivity contribution in [3.05, 3.63) is 35.9 Å². The molecule has 0 spiro atoms. The molecule has 0 saturated carbocycles. The van der Waals surface area contributed by atoms with Crippen molar-refractivity contribution < 1.29 is 23.5 Å². The van der Waals surface area contributed by atoms with E-state index in [0.29, 0.717) is 19.4 Å². The van der Waals surface area contributed by atoms with E-state index in [1.807, 2.05) is 65.0 Å². The molecule has 0 aromatic heterocycles. The van der Waals surface area contributed by atoms with Crippen LogP contribution in [-0.4, -0.2) is 44.5 Å². The number of nitrogens with one attached hydrogen (secondary N) is 1. The van der Waals surface area contributed by atoms with Gasteiger partial charge >= 0.3 is 11.9 Å². The average molecular weight is 494 g/mol. The van der Waals surface area contributed by atoms with Crippen LogP contribution in [0.3, 0.4) is 0 Å². The number of benzene rings is 1. The third-order valence-electron chi connectivity index (χ3n) is 5.98. The van der Waals surface area contributed by atoms with Crippen LogP contribution in [0.5, 0.6) is 0 Å². The van der Waals surface area contributed by atoms with Gasteiger partial charge in [-0.3, -0.25) is 14.9 Å². The molecular weight excluding hydrogens is 446 g/mol. The van der Waals surface area contributed by atoms with E-state index < -0.39 is 26.0 Å². The lowest BCUT2D eigenvalue weighted by Gasteiger charge is -2.36. The normalized spacial score (nSPS) is 14.6. The number of carbonyl (C=O) groups excluding carboxylic acids is 2. The topological polar surface area (TPSA) is 73.9 Å². The summed E-state index contributed by atoms with van der Waals surface area (Å²) in [5, 5.41) is 3.33. The maximum absolute atomic E-state index is 13.1. The number of hydrogen-bond acceptors (Lipinski definition) is 6. The lowest BCUT2D eigenvalue weighted by molar-refractivity contribution is -0.159. The molecular formula is C27H47NO5Si. The van der Waals surface area contributed by atoms with E-state index in [4.69, 9.17) is 13.9 Å². The SMILES string of the molecule is CC(C)C[C@H](N[C@H](CCO[Si](C)(C)C(C)(C)C)C(=O)OC(C)(C)C)C(=O)OCc1ccccc1. The third-order valence-corrected chi connectivity index (χ3v) is 10.5. The summed E-state index contributed by atoms with van der Waals surface area (Å²) in [6, 6.07) is 8.29. The Morgan fingerprint density at radius 1 is 0.941 bits per heavy atom. The minimum absolute atomic E-state index is 0.0727. The zero-order valence-electron chi connectivity index (χ0n) is 23.0. The fourth-order valence-electron chi connectivity index (χ4n) is 3.07. The van der Waals surface area contributed by atoms with Crippen LogP contribution in [0.25, 0.3) is 0 Å². The van der Waals surface area contributed by atoms with E-state index in [1.54, 1.807) is 0 Å². The van der Waals surface area contributed by atoms with Crippen LogP contribution in [0.4, 0.5) is 0 Å². The van der Waals surface area contributed by atoms with E-state index in [2.05, 4.69) is 39.2 Å². The van der Waals surface area contributed by atoms with Gasteiger partial charge in [-0.25, -0.2) is 0 Å². The van der Waals surface area contributed by atoms with Gasteiger partial charge in [0.1, 0.15) is 24.3 Å². The molecule has 194 valence electrons. The molecule has 6 nitrogen and oxygen atoms in total. The van der Waals surface area contributed by atoms with E-state index in [9.17, 15) is 9.59 Å². The number of carbonyl (C=O) groups is 2. The fraction of sp³-hybridized carbons (Fsp3) is 0.704. The van der Waals surface area contributed by atoms with Crippen molar-refractivity contribution >= 4 is 20.3 Å². The molecule has 7 heteroatoms. The molecule has 1 N–H and O–H groups in total. The summed E-state index contributed by atoms with van der Waals surface area (Å²) in [4.78, 5) is 26.1. The van der Waals surface area contributed by atoms with Crippen molar-refractivity contribution in [3.8, 4) is 0 Å². The summed E-state index contributed by atoms with van der Waals surface area (Å²) in [6.45, 7) is 21.2. The molecule has 0 unspecified atom stereocenters. The Balaban J connectivity index is 2.96. The highest BCUT2D eigenvalue weighted by Gasteiger charge is 2.38. The highest BCUT2D eigenvalue weighted by atomic mass is 28.4. The van der Waals surface area contributed by atoms with Crippen LogP contribution < -0.4 is 5.32 Å². The van der Waals surface area contributed by atoms with Crippen molar-refractivity contribution in [2.24, 2.45) is 5.92 Å². The maximum Gasteiger partial charge on any atom is 0.323 e. The van der Waals surface area contributed by atoms with Crippen molar-refractivity contribution in [2.75, 3.05) is 6.61 Å². The van der Waals surface area contributed by atoms with Gasteiger partial charge in [0.05, 0.1) is 0 Å². The van der Waals surface area contributed by atoms with Gasteiger partial charge in [-0.1, -0.05) is 65.0 Å². The molecule has 0 bridgehead atoms. The largest absolute Gasteiger partial charge is 0.460 e. The van der Waals surface area contributed by atoms with Crippen molar-refractivity contribution in [1.29, 1.82) is 0 Å². The smallest absolute Gasteiger partial charge is 0.323 e. The lowest BCUT2D eigenvalue weighted by atomic mass is 10.0.